The molecule has 4 heteroatoms. The summed E-state index contributed by atoms with van der Waals surface area (Å²) in [6.45, 7) is 0.161. The van der Waals surface area contributed by atoms with Crippen LogP contribution in [0.4, 0.5) is 0 Å². The van der Waals surface area contributed by atoms with Crippen molar-refractivity contribution in [3.05, 3.63) is 64.1 Å². The van der Waals surface area contributed by atoms with E-state index in [1.54, 1.807) is 24.3 Å². The lowest BCUT2D eigenvalue weighted by atomic mass is 10.1. The highest BCUT2D eigenvalue weighted by Crippen LogP contribution is 2.24. The molecule has 0 aliphatic rings. The van der Waals surface area contributed by atoms with Gasteiger partial charge in [0.05, 0.1) is 11.6 Å². The number of benzene rings is 2. The van der Waals surface area contributed by atoms with Crippen LogP contribution in [0.25, 0.3) is 0 Å². The predicted molar refractivity (Wildman–Crippen MR) is 75.8 cm³/mol. The molecule has 3 nitrogen and oxygen atoms in total. The smallest absolute Gasteiger partial charge is 0.119 e. The highest BCUT2D eigenvalue weighted by molar-refractivity contribution is 9.10. The standard InChI is InChI=1S/C15H12BrNO2/c16-14-4-2-1-3-13(14)15(18)10-19-12-7-5-11(9-17)6-8-12/h1-8,15,18H,10H2. The van der Waals surface area contributed by atoms with Crippen molar-refractivity contribution in [1.82, 2.24) is 0 Å². The van der Waals surface area contributed by atoms with Gasteiger partial charge in [-0.1, -0.05) is 34.1 Å². The second kappa shape index (κ2) is 6.37. The summed E-state index contributed by atoms with van der Waals surface area (Å²) in [6, 6.07) is 16.3. The van der Waals surface area contributed by atoms with Gasteiger partial charge < -0.3 is 9.84 Å². The highest BCUT2D eigenvalue weighted by Gasteiger charge is 2.11. The Labute approximate surface area is 120 Å². The molecule has 0 saturated carbocycles. The van der Waals surface area contributed by atoms with E-state index in [1.807, 2.05) is 30.3 Å². The molecule has 96 valence electrons. The summed E-state index contributed by atoms with van der Waals surface area (Å²) in [5.74, 6) is 0.630. The number of aliphatic hydroxyl groups excluding tert-OH is 1. The minimum absolute atomic E-state index is 0.161. The summed E-state index contributed by atoms with van der Waals surface area (Å²) in [6.07, 6.45) is -0.703. The minimum atomic E-state index is -0.703. The molecule has 0 bridgehead atoms. The van der Waals surface area contributed by atoms with Crippen molar-refractivity contribution < 1.29 is 9.84 Å². The van der Waals surface area contributed by atoms with Gasteiger partial charge in [0.2, 0.25) is 0 Å². The Morgan fingerprint density at radius 2 is 1.84 bits per heavy atom. The fourth-order valence-electron chi connectivity index (χ4n) is 1.64. The monoisotopic (exact) mass is 317 g/mol. The molecule has 2 aromatic carbocycles. The molecule has 2 rings (SSSR count). The minimum Gasteiger partial charge on any atom is -0.491 e. The molecule has 0 spiro atoms. The number of aliphatic hydroxyl groups is 1. The van der Waals surface area contributed by atoms with Gasteiger partial charge in [0.15, 0.2) is 0 Å². The molecule has 0 aromatic heterocycles. The Bertz CT molecular complexity index is 590. The summed E-state index contributed by atoms with van der Waals surface area (Å²) in [7, 11) is 0. The maximum atomic E-state index is 10.1. The van der Waals surface area contributed by atoms with E-state index >= 15 is 0 Å². The quantitative estimate of drug-likeness (QED) is 0.939. The molecule has 2 aromatic rings. The first-order valence-electron chi connectivity index (χ1n) is 5.76. The van der Waals surface area contributed by atoms with Crippen LogP contribution in [-0.4, -0.2) is 11.7 Å². The van der Waals surface area contributed by atoms with Crippen molar-refractivity contribution in [2.24, 2.45) is 0 Å². The zero-order valence-electron chi connectivity index (χ0n) is 10.1. The lowest BCUT2D eigenvalue weighted by Crippen LogP contribution is -2.10. The van der Waals surface area contributed by atoms with Gasteiger partial charge in [-0.15, -0.1) is 0 Å². The van der Waals surface area contributed by atoms with Crippen molar-refractivity contribution in [2.75, 3.05) is 6.61 Å². The Morgan fingerprint density at radius 1 is 1.16 bits per heavy atom. The van der Waals surface area contributed by atoms with E-state index in [0.717, 1.165) is 10.0 Å². The zero-order valence-corrected chi connectivity index (χ0v) is 11.7. The molecule has 0 fully saturated rings. The normalized spacial score (nSPS) is 11.6. The van der Waals surface area contributed by atoms with E-state index in [0.29, 0.717) is 11.3 Å². The van der Waals surface area contributed by atoms with Crippen LogP contribution < -0.4 is 4.74 Å². The molecule has 1 N–H and O–H groups in total. The first kappa shape index (κ1) is 13.6. The molecule has 0 aliphatic carbocycles. The molecule has 0 aliphatic heterocycles. The van der Waals surface area contributed by atoms with Crippen LogP contribution in [0, 0.1) is 11.3 Å². The van der Waals surface area contributed by atoms with Gasteiger partial charge in [0.1, 0.15) is 18.5 Å². The fourth-order valence-corrected chi connectivity index (χ4v) is 2.18. The average molecular weight is 318 g/mol. The molecule has 0 saturated heterocycles. The molecule has 19 heavy (non-hydrogen) atoms. The number of nitrogens with zero attached hydrogens (tertiary/aromatic N) is 1. The number of nitriles is 1. The summed E-state index contributed by atoms with van der Waals surface area (Å²) < 4.78 is 6.35. The van der Waals surface area contributed by atoms with Crippen molar-refractivity contribution in [3.63, 3.8) is 0 Å². The fraction of sp³-hybridized carbons (Fsp3) is 0.133. The number of ether oxygens (including phenoxy) is 1. The van der Waals surface area contributed by atoms with Gasteiger partial charge in [0, 0.05) is 4.47 Å². The molecule has 1 atom stereocenters. The van der Waals surface area contributed by atoms with Crippen LogP contribution in [-0.2, 0) is 0 Å². The Hall–Kier alpha value is -1.83. The first-order chi connectivity index (χ1) is 9.20. The second-order valence-electron chi connectivity index (χ2n) is 3.98. The lowest BCUT2D eigenvalue weighted by molar-refractivity contribution is 0.107. The van der Waals surface area contributed by atoms with E-state index in [-0.39, 0.29) is 6.61 Å². The predicted octanol–water partition coefficient (Wildman–Crippen LogP) is 3.43. The summed E-state index contributed by atoms with van der Waals surface area (Å²) >= 11 is 3.39. The molecule has 0 amide bonds. The summed E-state index contributed by atoms with van der Waals surface area (Å²) in [4.78, 5) is 0. The van der Waals surface area contributed by atoms with Crippen molar-refractivity contribution in [1.29, 1.82) is 5.26 Å². The topological polar surface area (TPSA) is 53.2 Å². The van der Waals surface area contributed by atoms with Gasteiger partial charge in [-0.05, 0) is 35.9 Å². The third kappa shape index (κ3) is 3.57. The Balaban J connectivity index is 1.98. The van der Waals surface area contributed by atoms with Crippen molar-refractivity contribution in [2.45, 2.75) is 6.10 Å². The first-order valence-corrected chi connectivity index (χ1v) is 6.55. The van der Waals surface area contributed by atoms with Crippen LogP contribution in [0.3, 0.4) is 0 Å². The SMILES string of the molecule is N#Cc1ccc(OCC(O)c2ccccc2Br)cc1. The maximum absolute atomic E-state index is 10.1. The van der Waals surface area contributed by atoms with E-state index < -0.39 is 6.10 Å². The third-order valence-electron chi connectivity index (χ3n) is 2.66. The third-order valence-corrected chi connectivity index (χ3v) is 3.38. The number of halogens is 1. The lowest BCUT2D eigenvalue weighted by Gasteiger charge is -2.14. The zero-order chi connectivity index (χ0) is 13.7. The molecular formula is C15H12BrNO2. The largest absolute Gasteiger partial charge is 0.491 e. The Kier molecular flexibility index (Phi) is 4.56. The number of rotatable bonds is 4. The average Bonchev–Trinajstić information content (AvgIpc) is 2.46. The van der Waals surface area contributed by atoms with Gasteiger partial charge in [-0.2, -0.15) is 5.26 Å². The van der Waals surface area contributed by atoms with Crippen LogP contribution in [0.2, 0.25) is 0 Å². The number of hydrogen-bond donors (Lipinski definition) is 1. The van der Waals surface area contributed by atoms with E-state index in [1.165, 1.54) is 0 Å². The van der Waals surface area contributed by atoms with Crippen LogP contribution in [0.5, 0.6) is 5.75 Å². The molecule has 1 unspecified atom stereocenters. The summed E-state index contributed by atoms with van der Waals surface area (Å²) in [5.41, 5.74) is 1.37. The van der Waals surface area contributed by atoms with Crippen LogP contribution in [0.1, 0.15) is 17.2 Å². The maximum Gasteiger partial charge on any atom is 0.119 e. The Morgan fingerprint density at radius 3 is 2.47 bits per heavy atom. The molecule has 0 heterocycles. The van der Waals surface area contributed by atoms with Gasteiger partial charge >= 0.3 is 0 Å². The van der Waals surface area contributed by atoms with E-state index in [4.69, 9.17) is 10.00 Å². The van der Waals surface area contributed by atoms with Crippen LogP contribution >= 0.6 is 15.9 Å². The van der Waals surface area contributed by atoms with Gasteiger partial charge in [-0.25, -0.2) is 0 Å². The van der Waals surface area contributed by atoms with E-state index in [9.17, 15) is 5.11 Å². The van der Waals surface area contributed by atoms with E-state index in [2.05, 4.69) is 15.9 Å². The highest BCUT2D eigenvalue weighted by atomic mass is 79.9. The van der Waals surface area contributed by atoms with Crippen molar-refractivity contribution >= 4 is 15.9 Å². The number of hydrogen-bond acceptors (Lipinski definition) is 3. The second-order valence-corrected chi connectivity index (χ2v) is 4.84. The molecular weight excluding hydrogens is 306 g/mol. The van der Waals surface area contributed by atoms with Crippen molar-refractivity contribution in [3.8, 4) is 11.8 Å². The van der Waals surface area contributed by atoms with Crippen LogP contribution in [0.15, 0.2) is 53.0 Å². The molecule has 0 radical (unpaired) electrons. The van der Waals surface area contributed by atoms with Gasteiger partial charge in [-0.3, -0.25) is 0 Å². The van der Waals surface area contributed by atoms with Gasteiger partial charge in [0.25, 0.3) is 0 Å². The summed E-state index contributed by atoms with van der Waals surface area (Å²) in [5, 5.41) is 18.7.